The van der Waals surface area contributed by atoms with Gasteiger partial charge in [0, 0.05) is 16.3 Å². The molecule has 31 heavy (non-hydrogen) atoms. The normalized spacial score (nSPS) is 11.0. The maximum Gasteiger partial charge on any atom is 0.353 e. The molecule has 9 heteroatoms. The summed E-state index contributed by atoms with van der Waals surface area (Å²) in [6.45, 7) is 3.45. The smallest absolute Gasteiger partial charge is 0.353 e. The van der Waals surface area contributed by atoms with Crippen LogP contribution in [-0.4, -0.2) is 23.5 Å². The fourth-order valence-corrected chi connectivity index (χ4v) is 3.28. The number of aryl methyl sites for hydroxylation is 1. The highest BCUT2D eigenvalue weighted by molar-refractivity contribution is 7.12. The number of thiophene rings is 1. The van der Waals surface area contributed by atoms with Crippen molar-refractivity contribution in [3.63, 3.8) is 0 Å². The quantitative estimate of drug-likeness (QED) is 0.196. The van der Waals surface area contributed by atoms with E-state index in [-0.39, 0.29) is 5.75 Å². The molecule has 0 saturated carbocycles. The van der Waals surface area contributed by atoms with Crippen LogP contribution in [0.2, 0.25) is 5.02 Å². The lowest BCUT2D eigenvalue weighted by atomic mass is 10.1. The molecule has 0 fully saturated rings. The monoisotopic (exact) mass is 455 g/mol. The lowest BCUT2D eigenvalue weighted by Gasteiger charge is -2.09. The molecule has 1 heterocycles. The highest BCUT2D eigenvalue weighted by atomic mass is 35.5. The van der Waals surface area contributed by atoms with Crippen molar-refractivity contribution in [3.8, 4) is 5.75 Å². The fraction of sp³-hybridized carbons (Fsp3) is 0.0909. The van der Waals surface area contributed by atoms with Gasteiger partial charge in [0.1, 0.15) is 10.6 Å². The number of nitrogens with one attached hydrogen (secondary N) is 2. The van der Waals surface area contributed by atoms with Crippen LogP contribution in [0.25, 0.3) is 0 Å². The standard InChI is InChI=1S/C22H18ClN3O4S/c1-13-9-10-15(12-17(13)23)24-20(27)21(28)26-25-14(2)16-6-3-4-7-18(16)30-22(29)19-8-5-11-31-19/h3-12H,1-2H3,(H,24,27)(H,26,28)/b25-14+. The Balaban J connectivity index is 1.67. The topological polar surface area (TPSA) is 96.9 Å². The number of anilines is 1. The zero-order chi connectivity index (χ0) is 22.4. The number of benzene rings is 2. The van der Waals surface area contributed by atoms with Crippen LogP contribution in [0.5, 0.6) is 5.75 Å². The first-order valence-corrected chi connectivity index (χ1v) is 10.4. The van der Waals surface area contributed by atoms with Crippen molar-refractivity contribution in [1.82, 2.24) is 5.43 Å². The third kappa shape index (κ3) is 5.78. The van der Waals surface area contributed by atoms with Crippen LogP contribution in [0, 0.1) is 6.92 Å². The van der Waals surface area contributed by atoms with E-state index in [0.29, 0.717) is 26.9 Å². The summed E-state index contributed by atoms with van der Waals surface area (Å²) < 4.78 is 5.45. The Bertz CT molecular complexity index is 1160. The van der Waals surface area contributed by atoms with Crippen molar-refractivity contribution in [3.05, 3.63) is 81.0 Å². The molecule has 0 aliphatic carbocycles. The second-order valence-electron chi connectivity index (χ2n) is 6.42. The van der Waals surface area contributed by atoms with E-state index in [2.05, 4.69) is 15.8 Å². The summed E-state index contributed by atoms with van der Waals surface area (Å²) in [5, 5.41) is 8.67. The minimum Gasteiger partial charge on any atom is -0.422 e. The van der Waals surface area contributed by atoms with Gasteiger partial charge in [0.25, 0.3) is 0 Å². The molecule has 0 spiro atoms. The van der Waals surface area contributed by atoms with Gasteiger partial charge in [-0.25, -0.2) is 10.2 Å². The number of hydrogen-bond acceptors (Lipinski definition) is 6. The number of carbonyl (C=O) groups excluding carboxylic acids is 3. The van der Waals surface area contributed by atoms with E-state index in [4.69, 9.17) is 16.3 Å². The third-order valence-corrected chi connectivity index (χ3v) is 5.42. The average Bonchev–Trinajstić information content (AvgIpc) is 3.30. The summed E-state index contributed by atoms with van der Waals surface area (Å²) >= 11 is 7.29. The molecule has 7 nitrogen and oxygen atoms in total. The molecule has 158 valence electrons. The molecule has 1 aromatic heterocycles. The molecule has 0 aliphatic heterocycles. The Labute approximate surface area is 187 Å². The molecular weight excluding hydrogens is 438 g/mol. The molecule has 0 atom stereocenters. The lowest BCUT2D eigenvalue weighted by Crippen LogP contribution is -2.33. The van der Waals surface area contributed by atoms with Gasteiger partial charge in [-0.2, -0.15) is 5.10 Å². The third-order valence-electron chi connectivity index (χ3n) is 4.16. The molecule has 3 aromatic rings. The van der Waals surface area contributed by atoms with Gasteiger partial charge in [0.15, 0.2) is 0 Å². The van der Waals surface area contributed by atoms with Crippen LogP contribution < -0.4 is 15.5 Å². The number of esters is 1. The number of nitrogens with zero attached hydrogens (tertiary/aromatic N) is 1. The first-order chi connectivity index (χ1) is 14.8. The van der Waals surface area contributed by atoms with Crippen LogP contribution in [-0.2, 0) is 9.59 Å². The highest BCUT2D eigenvalue weighted by Crippen LogP contribution is 2.22. The van der Waals surface area contributed by atoms with Gasteiger partial charge >= 0.3 is 17.8 Å². The van der Waals surface area contributed by atoms with E-state index >= 15 is 0 Å². The van der Waals surface area contributed by atoms with E-state index in [1.807, 2.05) is 6.92 Å². The largest absolute Gasteiger partial charge is 0.422 e. The number of ether oxygens (including phenoxy) is 1. The Morgan fingerprint density at radius 3 is 2.52 bits per heavy atom. The van der Waals surface area contributed by atoms with Crippen molar-refractivity contribution < 1.29 is 19.1 Å². The molecular formula is C22H18ClN3O4S. The van der Waals surface area contributed by atoms with Crippen LogP contribution in [0.15, 0.2) is 65.1 Å². The SMILES string of the molecule is C/C(=N\NC(=O)C(=O)Nc1ccc(C)c(Cl)c1)c1ccccc1OC(=O)c1cccs1. The van der Waals surface area contributed by atoms with Crippen molar-refractivity contribution in [2.45, 2.75) is 13.8 Å². The minimum absolute atomic E-state index is 0.287. The fourth-order valence-electron chi connectivity index (χ4n) is 2.50. The predicted octanol–water partition coefficient (Wildman–Crippen LogP) is 4.41. The van der Waals surface area contributed by atoms with Crippen LogP contribution in [0.4, 0.5) is 5.69 Å². The van der Waals surface area contributed by atoms with Gasteiger partial charge < -0.3 is 10.1 Å². The molecule has 0 unspecified atom stereocenters. The second-order valence-corrected chi connectivity index (χ2v) is 7.77. The molecule has 0 bridgehead atoms. The number of halogens is 1. The van der Waals surface area contributed by atoms with Gasteiger partial charge in [-0.15, -0.1) is 11.3 Å². The maximum atomic E-state index is 12.2. The van der Waals surface area contributed by atoms with Crippen molar-refractivity contribution in [2.24, 2.45) is 5.10 Å². The Morgan fingerprint density at radius 2 is 1.81 bits per heavy atom. The lowest BCUT2D eigenvalue weighted by molar-refractivity contribution is -0.136. The predicted molar refractivity (Wildman–Crippen MR) is 121 cm³/mol. The molecule has 2 aromatic carbocycles. The number of rotatable bonds is 5. The van der Waals surface area contributed by atoms with E-state index < -0.39 is 17.8 Å². The molecule has 2 N–H and O–H groups in total. The van der Waals surface area contributed by atoms with Gasteiger partial charge in [0.05, 0.1) is 5.71 Å². The molecule has 0 radical (unpaired) electrons. The van der Waals surface area contributed by atoms with Crippen molar-refractivity contribution in [1.29, 1.82) is 0 Å². The Morgan fingerprint density at radius 1 is 1.03 bits per heavy atom. The van der Waals surface area contributed by atoms with Crippen LogP contribution in [0.3, 0.4) is 0 Å². The van der Waals surface area contributed by atoms with Gasteiger partial charge in [-0.1, -0.05) is 35.9 Å². The second kappa shape index (κ2) is 10.0. The number of amides is 2. The van der Waals surface area contributed by atoms with E-state index in [9.17, 15) is 14.4 Å². The zero-order valence-electron chi connectivity index (χ0n) is 16.6. The van der Waals surface area contributed by atoms with Crippen LogP contribution in [0.1, 0.15) is 27.7 Å². The Kier molecular flexibility index (Phi) is 7.17. The summed E-state index contributed by atoms with van der Waals surface area (Å²) in [5.74, 6) is -2.05. The summed E-state index contributed by atoms with van der Waals surface area (Å²) in [4.78, 5) is 36.9. The van der Waals surface area contributed by atoms with E-state index in [1.165, 1.54) is 11.3 Å². The molecule has 0 saturated heterocycles. The molecule has 0 aliphatic rings. The maximum absolute atomic E-state index is 12.2. The minimum atomic E-state index is -0.955. The van der Waals surface area contributed by atoms with E-state index in [0.717, 1.165) is 5.56 Å². The average molecular weight is 456 g/mol. The van der Waals surface area contributed by atoms with Crippen LogP contribution >= 0.6 is 22.9 Å². The summed E-state index contributed by atoms with van der Waals surface area (Å²) in [7, 11) is 0. The number of carbonyl (C=O) groups is 3. The summed E-state index contributed by atoms with van der Waals surface area (Å²) in [5.41, 5.74) is 4.30. The van der Waals surface area contributed by atoms with Gasteiger partial charge in [-0.3, -0.25) is 9.59 Å². The number of hydrogen-bond donors (Lipinski definition) is 2. The Hall–Kier alpha value is -3.49. The summed E-state index contributed by atoms with van der Waals surface area (Å²) in [6, 6.07) is 15.1. The zero-order valence-corrected chi connectivity index (χ0v) is 18.2. The number of para-hydroxylation sites is 1. The van der Waals surface area contributed by atoms with Gasteiger partial charge in [-0.05, 0) is 55.1 Å². The molecule has 2 amide bonds. The van der Waals surface area contributed by atoms with Gasteiger partial charge in [0.2, 0.25) is 0 Å². The first-order valence-electron chi connectivity index (χ1n) is 9.12. The van der Waals surface area contributed by atoms with Crippen molar-refractivity contribution >= 4 is 52.1 Å². The summed E-state index contributed by atoms with van der Waals surface area (Å²) in [6.07, 6.45) is 0. The number of hydrazone groups is 1. The first kappa shape index (κ1) is 22.2. The van der Waals surface area contributed by atoms with Crippen molar-refractivity contribution in [2.75, 3.05) is 5.32 Å². The van der Waals surface area contributed by atoms with E-state index in [1.54, 1.807) is 66.9 Å². The highest BCUT2D eigenvalue weighted by Gasteiger charge is 2.16. The molecule has 3 rings (SSSR count).